The van der Waals surface area contributed by atoms with Crippen LogP contribution >= 0.6 is 0 Å². The van der Waals surface area contributed by atoms with E-state index in [-0.39, 0.29) is 0 Å². The van der Waals surface area contributed by atoms with E-state index in [1.165, 1.54) is 51.6 Å². The fourth-order valence-electron chi connectivity index (χ4n) is 4.78. The van der Waals surface area contributed by atoms with E-state index in [0.717, 1.165) is 36.3 Å². The zero-order chi connectivity index (χ0) is 14.5. The van der Waals surface area contributed by atoms with Crippen LogP contribution in [0.25, 0.3) is 0 Å². The lowest BCUT2D eigenvalue weighted by Gasteiger charge is -2.42. The van der Waals surface area contributed by atoms with Gasteiger partial charge in [0.25, 0.3) is 0 Å². The van der Waals surface area contributed by atoms with Crippen molar-refractivity contribution >= 4 is 0 Å². The van der Waals surface area contributed by atoms with Crippen LogP contribution in [-0.2, 0) is 0 Å². The van der Waals surface area contributed by atoms with Crippen LogP contribution in [0, 0.1) is 23.7 Å². The van der Waals surface area contributed by atoms with Crippen molar-refractivity contribution < 1.29 is 0 Å². The summed E-state index contributed by atoms with van der Waals surface area (Å²) in [5, 5.41) is 3.77. The standard InChI is InChI=1S/C18H36N2/c1-5-19-18-11-14(2)10-15(3)17(18)13-20(4)12-16-8-6-7-9-16/h14-19H,5-13H2,1-4H3. The monoisotopic (exact) mass is 280 g/mol. The van der Waals surface area contributed by atoms with Gasteiger partial charge in [-0.15, -0.1) is 0 Å². The second-order valence-electron chi connectivity index (χ2n) is 7.75. The Morgan fingerprint density at radius 2 is 1.75 bits per heavy atom. The van der Waals surface area contributed by atoms with E-state index in [0.29, 0.717) is 0 Å². The third-order valence-electron chi connectivity index (χ3n) is 5.71. The lowest BCUT2D eigenvalue weighted by Crippen LogP contribution is -2.48. The Balaban J connectivity index is 1.86. The minimum absolute atomic E-state index is 0.741. The van der Waals surface area contributed by atoms with E-state index in [1.807, 2.05) is 0 Å². The van der Waals surface area contributed by atoms with Crippen molar-refractivity contribution in [2.24, 2.45) is 23.7 Å². The molecule has 2 heteroatoms. The number of hydrogen-bond donors (Lipinski definition) is 1. The molecule has 2 aliphatic carbocycles. The first-order chi connectivity index (χ1) is 9.60. The third kappa shape index (κ3) is 4.46. The number of hydrogen-bond acceptors (Lipinski definition) is 2. The molecular formula is C18H36N2. The zero-order valence-electron chi connectivity index (χ0n) is 14.2. The van der Waals surface area contributed by atoms with Crippen molar-refractivity contribution in [2.75, 3.05) is 26.7 Å². The molecule has 0 aromatic carbocycles. The lowest BCUT2D eigenvalue weighted by molar-refractivity contribution is 0.106. The van der Waals surface area contributed by atoms with Gasteiger partial charge in [-0.05, 0) is 62.9 Å². The van der Waals surface area contributed by atoms with Gasteiger partial charge in [0.2, 0.25) is 0 Å². The normalized spacial score (nSPS) is 35.9. The summed E-state index contributed by atoms with van der Waals surface area (Å²) in [6.07, 6.45) is 8.67. The van der Waals surface area contributed by atoms with Crippen LogP contribution in [0.1, 0.15) is 59.3 Å². The molecule has 0 amide bonds. The summed E-state index contributed by atoms with van der Waals surface area (Å²) in [6, 6.07) is 0.741. The van der Waals surface area contributed by atoms with Crippen molar-refractivity contribution in [2.45, 2.75) is 65.3 Å². The van der Waals surface area contributed by atoms with E-state index in [1.54, 1.807) is 0 Å². The largest absolute Gasteiger partial charge is 0.314 e. The maximum atomic E-state index is 3.77. The Labute approximate surface area is 126 Å². The van der Waals surface area contributed by atoms with Gasteiger partial charge in [-0.1, -0.05) is 33.6 Å². The molecule has 4 atom stereocenters. The van der Waals surface area contributed by atoms with Crippen LogP contribution in [-0.4, -0.2) is 37.6 Å². The van der Waals surface area contributed by atoms with Gasteiger partial charge in [-0.3, -0.25) is 0 Å². The summed E-state index contributed by atoms with van der Waals surface area (Å²) in [5.41, 5.74) is 0. The highest BCUT2D eigenvalue weighted by Crippen LogP contribution is 2.34. The zero-order valence-corrected chi connectivity index (χ0v) is 14.2. The summed E-state index contributed by atoms with van der Waals surface area (Å²) in [7, 11) is 2.35. The van der Waals surface area contributed by atoms with Crippen molar-refractivity contribution in [3.63, 3.8) is 0 Å². The molecule has 2 rings (SSSR count). The molecule has 0 aromatic rings. The third-order valence-corrected chi connectivity index (χ3v) is 5.71. The van der Waals surface area contributed by atoms with E-state index in [2.05, 4.69) is 38.0 Å². The van der Waals surface area contributed by atoms with Crippen molar-refractivity contribution in [3.05, 3.63) is 0 Å². The minimum Gasteiger partial charge on any atom is -0.314 e. The molecule has 0 spiro atoms. The van der Waals surface area contributed by atoms with Gasteiger partial charge in [0.1, 0.15) is 0 Å². The molecule has 0 saturated heterocycles. The molecular weight excluding hydrogens is 244 g/mol. The Bertz CT molecular complexity index is 273. The Morgan fingerprint density at radius 3 is 2.40 bits per heavy atom. The Morgan fingerprint density at radius 1 is 1.05 bits per heavy atom. The van der Waals surface area contributed by atoms with Crippen LogP contribution in [0.4, 0.5) is 0 Å². The molecule has 2 saturated carbocycles. The topological polar surface area (TPSA) is 15.3 Å². The Hall–Kier alpha value is -0.0800. The fourth-order valence-corrected chi connectivity index (χ4v) is 4.78. The average Bonchev–Trinajstić information content (AvgIpc) is 2.86. The highest BCUT2D eigenvalue weighted by atomic mass is 15.1. The summed E-state index contributed by atoms with van der Waals surface area (Å²) >= 11 is 0. The SMILES string of the molecule is CCNC1CC(C)CC(C)C1CN(C)CC1CCCC1. The van der Waals surface area contributed by atoms with Gasteiger partial charge >= 0.3 is 0 Å². The smallest absolute Gasteiger partial charge is 0.0112 e. The lowest BCUT2D eigenvalue weighted by atomic mass is 9.72. The van der Waals surface area contributed by atoms with Crippen molar-refractivity contribution in [1.29, 1.82) is 0 Å². The summed E-state index contributed by atoms with van der Waals surface area (Å²) in [6.45, 7) is 10.9. The maximum Gasteiger partial charge on any atom is 0.0112 e. The summed E-state index contributed by atoms with van der Waals surface area (Å²) in [4.78, 5) is 2.64. The van der Waals surface area contributed by atoms with E-state index >= 15 is 0 Å². The molecule has 1 N–H and O–H groups in total. The summed E-state index contributed by atoms with van der Waals surface area (Å²) < 4.78 is 0. The van der Waals surface area contributed by atoms with E-state index in [4.69, 9.17) is 0 Å². The van der Waals surface area contributed by atoms with Crippen molar-refractivity contribution in [3.8, 4) is 0 Å². The van der Waals surface area contributed by atoms with Gasteiger partial charge < -0.3 is 10.2 Å². The van der Waals surface area contributed by atoms with Gasteiger partial charge in [0, 0.05) is 19.1 Å². The number of nitrogens with one attached hydrogen (secondary N) is 1. The predicted molar refractivity (Wildman–Crippen MR) is 88.0 cm³/mol. The van der Waals surface area contributed by atoms with Crippen LogP contribution in [0.2, 0.25) is 0 Å². The first-order valence-electron chi connectivity index (χ1n) is 9.02. The highest BCUT2D eigenvalue weighted by Gasteiger charge is 2.34. The van der Waals surface area contributed by atoms with Gasteiger partial charge in [-0.25, -0.2) is 0 Å². The molecule has 2 nitrogen and oxygen atoms in total. The second-order valence-corrected chi connectivity index (χ2v) is 7.75. The van der Waals surface area contributed by atoms with E-state index in [9.17, 15) is 0 Å². The van der Waals surface area contributed by atoms with Gasteiger partial charge in [0.05, 0.1) is 0 Å². The molecule has 0 aromatic heterocycles. The minimum atomic E-state index is 0.741. The van der Waals surface area contributed by atoms with Gasteiger partial charge in [-0.2, -0.15) is 0 Å². The maximum absolute atomic E-state index is 3.77. The van der Waals surface area contributed by atoms with Crippen LogP contribution in [0.3, 0.4) is 0 Å². The first kappa shape index (κ1) is 16.3. The predicted octanol–water partition coefficient (Wildman–Crippen LogP) is 3.77. The molecule has 118 valence electrons. The average molecular weight is 280 g/mol. The fraction of sp³-hybridized carbons (Fsp3) is 1.00. The molecule has 0 radical (unpaired) electrons. The van der Waals surface area contributed by atoms with Crippen molar-refractivity contribution in [1.82, 2.24) is 10.2 Å². The van der Waals surface area contributed by atoms with E-state index < -0.39 is 0 Å². The number of nitrogens with zero attached hydrogens (tertiary/aromatic N) is 1. The molecule has 0 bridgehead atoms. The van der Waals surface area contributed by atoms with Crippen LogP contribution in [0.5, 0.6) is 0 Å². The second kappa shape index (κ2) is 7.79. The quantitative estimate of drug-likeness (QED) is 0.797. The first-order valence-corrected chi connectivity index (χ1v) is 9.02. The highest BCUT2D eigenvalue weighted by molar-refractivity contribution is 4.89. The number of rotatable bonds is 6. The molecule has 2 fully saturated rings. The van der Waals surface area contributed by atoms with Crippen LogP contribution < -0.4 is 5.32 Å². The molecule has 20 heavy (non-hydrogen) atoms. The molecule has 4 unspecified atom stereocenters. The molecule has 0 heterocycles. The summed E-state index contributed by atoms with van der Waals surface area (Å²) in [5.74, 6) is 3.59. The van der Waals surface area contributed by atoms with Gasteiger partial charge in [0.15, 0.2) is 0 Å². The molecule has 0 aliphatic heterocycles. The Kier molecular flexibility index (Phi) is 6.35. The van der Waals surface area contributed by atoms with Crippen LogP contribution in [0.15, 0.2) is 0 Å². The molecule has 2 aliphatic rings.